The Morgan fingerprint density at radius 2 is 1.71 bits per heavy atom. The van der Waals surface area contributed by atoms with Crippen molar-refractivity contribution in [1.82, 2.24) is 0 Å². The summed E-state index contributed by atoms with van der Waals surface area (Å²) in [7, 11) is 0. The van der Waals surface area contributed by atoms with Gasteiger partial charge >= 0.3 is 5.97 Å². The molecule has 5 rings (SSSR count). The van der Waals surface area contributed by atoms with Crippen LogP contribution in [0.4, 0.5) is 0 Å². The van der Waals surface area contributed by atoms with Crippen LogP contribution < -0.4 is 0 Å². The number of ether oxygens (including phenoxy) is 2. The smallest absolute Gasteiger partial charge is 0.302 e. The van der Waals surface area contributed by atoms with Gasteiger partial charge in [0.15, 0.2) is 0 Å². The lowest BCUT2D eigenvalue weighted by molar-refractivity contribution is -0.188. The third-order valence-electron chi connectivity index (χ3n) is 11.5. The van der Waals surface area contributed by atoms with Crippen molar-refractivity contribution in [1.29, 1.82) is 0 Å². The Morgan fingerprint density at radius 1 is 1.03 bits per heavy atom. The maximum atomic E-state index is 13.5. The summed E-state index contributed by atoms with van der Waals surface area (Å²) in [4.78, 5) is 25.7. The third-order valence-corrected chi connectivity index (χ3v) is 11.5. The second-order valence-electron chi connectivity index (χ2n) is 14.1. The van der Waals surface area contributed by atoms with Gasteiger partial charge in [-0.3, -0.25) is 9.59 Å². The Morgan fingerprint density at radius 3 is 2.34 bits per heavy atom. The van der Waals surface area contributed by atoms with Crippen molar-refractivity contribution in [2.24, 2.45) is 40.4 Å². The van der Waals surface area contributed by atoms with E-state index in [0.29, 0.717) is 30.5 Å². The molecule has 0 radical (unpaired) electrons. The second kappa shape index (κ2) is 8.26. The summed E-state index contributed by atoms with van der Waals surface area (Å²) in [6, 6.07) is 0. The van der Waals surface area contributed by atoms with Crippen molar-refractivity contribution in [2.45, 2.75) is 129 Å². The predicted molar refractivity (Wildman–Crippen MR) is 131 cm³/mol. The van der Waals surface area contributed by atoms with E-state index in [1.807, 2.05) is 13.8 Å². The van der Waals surface area contributed by atoms with Crippen molar-refractivity contribution < 1.29 is 29.3 Å². The fraction of sp³-hybridized carbons (Fsp3) is 0.931. The average molecular weight is 491 g/mol. The highest BCUT2D eigenvalue weighted by atomic mass is 16.6. The number of fused-ring (bicyclic) bond motifs is 5. The molecule has 2 N–H and O–H groups in total. The zero-order valence-corrected chi connectivity index (χ0v) is 22.5. The molecule has 35 heavy (non-hydrogen) atoms. The number of aliphatic hydroxyl groups is 2. The number of hydrogen-bond donors (Lipinski definition) is 2. The van der Waals surface area contributed by atoms with Crippen LogP contribution in [0.5, 0.6) is 0 Å². The van der Waals surface area contributed by atoms with Crippen molar-refractivity contribution in [3.63, 3.8) is 0 Å². The number of ketones is 1. The summed E-state index contributed by atoms with van der Waals surface area (Å²) in [6.07, 6.45) is 6.58. The molecule has 1 saturated heterocycles. The molecule has 0 amide bonds. The van der Waals surface area contributed by atoms with Gasteiger partial charge < -0.3 is 19.7 Å². The molecule has 1 aliphatic heterocycles. The number of carbonyl (C=O) groups is 2. The van der Waals surface area contributed by atoms with E-state index in [4.69, 9.17) is 9.47 Å². The van der Waals surface area contributed by atoms with Crippen LogP contribution in [0.25, 0.3) is 0 Å². The molecular weight excluding hydrogens is 444 g/mol. The molecular formula is C29H46O6. The molecule has 1 heterocycles. The Kier molecular flexibility index (Phi) is 6.06. The van der Waals surface area contributed by atoms with Gasteiger partial charge in [-0.2, -0.15) is 0 Å². The van der Waals surface area contributed by atoms with Gasteiger partial charge in [0.1, 0.15) is 11.9 Å². The average Bonchev–Trinajstić information content (AvgIpc) is 3.27. The molecule has 0 aromatic heterocycles. The first-order valence-electron chi connectivity index (χ1n) is 14.0. The minimum Gasteiger partial charge on any atom is -0.462 e. The maximum absolute atomic E-state index is 13.5. The summed E-state index contributed by atoms with van der Waals surface area (Å²) in [5.41, 5.74) is -1.55. The van der Waals surface area contributed by atoms with E-state index in [9.17, 15) is 19.8 Å². The second-order valence-corrected chi connectivity index (χ2v) is 14.1. The van der Waals surface area contributed by atoms with Gasteiger partial charge in [0, 0.05) is 25.2 Å². The number of aliphatic hydroxyl groups excluding tert-OH is 1. The standard InChI is InChI=1S/C29H46O6/c1-16(30)34-23-15-20-18-14-22(32)21-13-17(31)7-10-27(21,4)19(18)8-11-28(20,5)25(23)29(6)12-9-24(35-29)26(2,3)33/h17-21,23-25,31,33H,7-15H2,1-6H3/t17-,18+,19-,20-,21+,23-,24+,25-,27+,28-,29-/m0/s1. The van der Waals surface area contributed by atoms with Crippen molar-refractivity contribution >= 4 is 11.8 Å². The molecule has 0 aromatic rings. The van der Waals surface area contributed by atoms with Gasteiger partial charge in [-0.25, -0.2) is 0 Å². The molecule has 11 atom stereocenters. The summed E-state index contributed by atoms with van der Waals surface area (Å²) < 4.78 is 12.7. The Balaban J connectivity index is 1.49. The number of carbonyl (C=O) groups excluding carboxylic acids is 2. The van der Waals surface area contributed by atoms with Gasteiger partial charge in [-0.05, 0) is 101 Å². The topological polar surface area (TPSA) is 93.1 Å². The first-order chi connectivity index (χ1) is 16.2. The lowest BCUT2D eigenvalue weighted by Crippen LogP contribution is -2.58. The van der Waals surface area contributed by atoms with E-state index in [2.05, 4.69) is 20.8 Å². The fourth-order valence-electron chi connectivity index (χ4n) is 10.0. The molecule has 6 heteroatoms. The van der Waals surface area contributed by atoms with Gasteiger partial charge in [0.2, 0.25) is 0 Å². The molecule has 0 aromatic carbocycles. The highest BCUT2D eigenvalue weighted by Gasteiger charge is 2.68. The van der Waals surface area contributed by atoms with Crippen LogP contribution in [0.3, 0.4) is 0 Å². The lowest BCUT2D eigenvalue weighted by atomic mass is 9.44. The van der Waals surface area contributed by atoms with Crippen molar-refractivity contribution in [3.8, 4) is 0 Å². The first kappa shape index (κ1) is 25.7. The Labute approximate surface area is 210 Å². The van der Waals surface area contributed by atoms with E-state index < -0.39 is 11.2 Å². The summed E-state index contributed by atoms with van der Waals surface area (Å²) >= 11 is 0. The van der Waals surface area contributed by atoms with Gasteiger partial charge in [0.05, 0.1) is 23.4 Å². The Bertz CT molecular complexity index is 879. The largest absolute Gasteiger partial charge is 0.462 e. The summed E-state index contributed by atoms with van der Waals surface area (Å²) in [5, 5.41) is 21.0. The summed E-state index contributed by atoms with van der Waals surface area (Å²) in [6.45, 7) is 11.9. The molecule has 0 unspecified atom stereocenters. The minimum atomic E-state index is -0.920. The molecule has 0 spiro atoms. The van der Waals surface area contributed by atoms with Gasteiger partial charge in [-0.15, -0.1) is 0 Å². The van der Waals surface area contributed by atoms with Crippen LogP contribution >= 0.6 is 0 Å². The van der Waals surface area contributed by atoms with Crippen LogP contribution in [0.2, 0.25) is 0 Å². The molecule has 4 aliphatic carbocycles. The third kappa shape index (κ3) is 3.92. The SMILES string of the molecule is CC(=O)O[C@H]1C[C@H]2[C@@H]3CC(=O)[C@H]4C[C@@H](O)CC[C@]4(C)[C@H]3CC[C@]2(C)[C@H]1[C@]1(C)CC[C@H](C(C)(C)O)O1. The van der Waals surface area contributed by atoms with E-state index in [1.165, 1.54) is 6.92 Å². The number of Topliss-reactive ketones (excluding diaryl/α,β-unsaturated/α-hetero) is 1. The van der Waals surface area contributed by atoms with Crippen LogP contribution in [0.1, 0.15) is 99.3 Å². The summed E-state index contributed by atoms with van der Waals surface area (Å²) in [5.74, 6) is 1.13. The van der Waals surface area contributed by atoms with Crippen molar-refractivity contribution in [2.75, 3.05) is 0 Å². The fourth-order valence-corrected chi connectivity index (χ4v) is 10.0. The monoisotopic (exact) mass is 490 g/mol. The van der Waals surface area contributed by atoms with E-state index in [-0.39, 0.29) is 52.9 Å². The van der Waals surface area contributed by atoms with Crippen molar-refractivity contribution in [3.05, 3.63) is 0 Å². The lowest BCUT2D eigenvalue weighted by Gasteiger charge is -2.60. The maximum Gasteiger partial charge on any atom is 0.302 e. The molecule has 0 bridgehead atoms. The van der Waals surface area contributed by atoms with E-state index >= 15 is 0 Å². The predicted octanol–water partition coefficient (Wildman–Crippen LogP) is 4.44. The highest BCUT2D eigenvalue weighted by Crippen LogP contribution is 2.69. The van der Waals surface area contributed by atoms with Gasteiger partial charge in [0.25, 0.3) is 0 Å². The zero-order valence-electron chi connectivity index (χ0n) is 22.5. The molecule has 6 nitrogen and oxygen atoms in total. The number of rotatable bonds is 3. The minimum absolute atomic E-state index is 0.0263. The normalized spacial score (nSPS) is 51.9. The molecule has 5 fully saturated rings. The van der Waals surface area contributed by atoms with Gasteiger partial charge in [-0.1, -0.05) is 13.8 Å². The zero-order chi connectivity index (χ0) is 25.6. The Hall–Kier alpha value is -0.980. The van der Waals surface area contributed by atoms with E-state index in [0.717, 1.165) is 44.9 Å². The highest BCUT2D eigenvalue weighted by molar-refractivity contribution is 5.83. The number of esters is 1. The van der Waals surface area contributed by atoms with E-state index in [1.54, 1.807) is 0 Å². The molecule has 5 aliphatic rings. The quantitative estimate of drug-likeness (QED) is 0.569. The van der Waals surface area contributed by atoms with Crippen LogP contribution in [0, 0.1) is 40.4 Å². The van der Waals surface area contributed by atoms with Crippen LogP contribution in [-0.2, 0) is 19.1 Å². The van der Waals surface area contributed by atoms with Crippen LogP contribution in [0.15, 0.2) is 0 Å². The molecule has 198 valence electrons. The molecule has 4 saturated carbocycles. The first-order valence-corrected chi connectivity index (χ1v) is 14.0. The van der Waals surface area contributed by atoms with Crippen LogP contribution in [-0.4, -0.2) is 51.5 Å². The number of hydrogen-bond acceptors (Lipinski definition) is 6.